The summed E-state index contributed by atoms with van der Waals surface area (Å²) in [6.07, 6.45) is 0. The predicted molar refractivity (Wildman–Crippen MR) is 73.9 cm³/mol. The fourth-order valence-corrected chi connectivity index (χ4v) is 1.49. The summed E-state index contributed by atoms with van der Waals surface area (Å²) in [7, 11) is 0. The van der Waals surface area contributed by atoms with Gasteiger partial charge in [0.1, 0.15) is 0 Å². The Morgan fingerprint density at radius 2 is 1.78 bits per heavy atom. The number of carbonyl (C=O) groups is 1. The van der Waals surface area contributed by atoms with Crippen molar-refractivity contribution >= 4 is 11.5 Å². The molecular formula is C16H18O2. The van der Waals surface area contributed by atoms with Crippen LogP contribution < -0.4 is 0 Å². The molecule has 2 heteroatoms. The topological polar surface area (TPSA) is 26.3 Å². The van der Waals surface area contributed by atoms with Gasteiger partial charge in [-0.3, -0.25) is 0 Å². The van der Waals surface area contributed by atoms with Crippen LogP contribution in [0.5, 0.6) is 0 Å². The zero-order valence-corrected chi connectivity index (χ0v) is 11.3. The monoisotopic (exact) mass is 242 g/mol. The van der Waals surface area contributed by atoms with Crippen molar-refractivity contribution in [1.82, 2.24) is 0 Å². The smallest absolute Gasteiger partial charge is 0.384 e. The van der Waals surface area contributed by atoms with Crippen molar-refractivity contribution < 1.29 is 9.53 Å². The Kier molecular flexibility index (Phi) is 5.20. The number of rotatable bonds is 2. The second kappa shape index (κ2) is 6.66. The number of ether oxygens (including phenoxy) is 1. The molecule has 0 aliphatic carbocycles. The molecule has 0 atom stereocenters. The van der Waals surface area contributed by atoms with Crippen LogP contribution in [0, 0.1) is 18.8 Å². The van der Waals surface area contributed by atoms with E-state index >= 15 is 0 Å². The first kappa shape index (κ1) is 14.1. The number of carbonyl (C=O) groups excluding carboxylic acids is 1. The maximum atomic E-state index is 11.2. The van der Waals surface area contributed by atoms with Crippen LogP contribution in [0.25, 0.3) is 5.57 Å². The lowest BCUT2D eigenvalue weighted by Crippen LogP contribution is -1.99. The normalized spacial score (nSPS) is 9.11. The quantitative estimate of drug-likeness (QED) is 0.451. The van der Waals surface area contributed by atoms with E-state index in [1.165, 1.54) is 5.56 Å². The van der Waals surface area contributed by atoms with Gasteiger partial charge in [-0.15, -0.1) is 0 Å². The molecule has 0 aliphatic rings. The van der Waals surface area contributed by atoms with Crippen molar-refractivity contribution in [3.05, 3.63) is 41.0 Å². The molecule has 1 aromatic rings. The van der Waals surface area contributed by atoms with Crippen molar-refractivity contribution in [2.24, 2.45) is 0 Å². The maximum Gasteiger partial charge on any atom is 0.384 e. The Morgan fingerprint density at radius 3 is 2.28 bits per heavy atom. The molecule has 18 heavy (non-hydrogen) atoms. The Labute approximate surface area is 109 Å². The van der Waals surface area contributed by atoms with Gasteiger partial charge in [0.05, 0.1) is 6.61 Å². The molecule has 1 rings (SSSR count). The standard InChI is InChI=1S/C16H18O2/c1-5-18-16(17)11-10-15(12(2)3)14-8-6-13(4)7-9-14/h6-9H,5H2,1-4H3. The van der Waals surface area contributed by atoms with Crippen molar-refractivity contribution in [3.63, 3.8) is 0 Å². The van der Waals surface area contributed by atoms with Gasteiger partial charge >= 0.3 is 5.97 Å². The lowest BCUT2D eigenvalue weighted by Gasteiger charge is -2.03. The van der Waals surface area contributed by atoms with Crippen LogP contribution in [-0.2, 0) is 9.53 Å². The van der Waals surface area contributed by atoms with E-state index in [4.69, 9.17) is 4.74 Å². The molecular weight excluding hydrogens is 224 g/mol. The number of hydrogen-bond donors (Lipinski definition) is 0. The molecule has 0 radical (unpaired) electrons. The highest BCUT2D eigenvalue weighted by atomic mass is 16.5. The number of aryl methyl sites for hydroxylation is 1. The van der Waals surface area contributed by atoms with E-state index in [-0.39, 0.29) is 0 Å². The van der Waals surface area contributed by atoms with Crippen LogP contribution >= 0.6 is 0 Å². The molecule has 0 bridgehead atoms. The molecule has 0 aliphatic heterocycles. The maximum absolute atomic E-state index is 11.2. The molecule has 0 aromatic heterocycles. The van der Waals surface area contributed by atoms with Crippen molar-refractivity contribution in [3.8, 4) is 11.8 Å². The van der Waals surface area contributed by atoms with E-state index in [2.05, 4.69) is 11.8 Å². The summed E-state index contributed by atoms with van der Waals surface area (Å²) >= 11 is 0. The van der Waals surface area contributed by atoms with Crippen LogP contribution in [0.15, 0.2) is 29.8 Å². The predicted octanol–water partition coefficient (Wildman–Crippen LogP) is 3.35. The minimum Gasteiger partial charge on any atom is -0.456 e. The fourth-order valence-electron chi connectivity index (χ4n) is 1.49. The highest BCUT2D eigenvalue weighted by Gasteiger charge is 2.01. The van der Waals surface area contributed by atoms with Gasteiger partial charge < -0.3 is 4.74 Å². The van der Waals surface area contributed by atoms with Crippen LogP contribution in [0.3, 0.4) is 0 Å². The van der Waals surface area contributed by atoms with E-state index < -0.39 is 5.97 Å². The van der Waals surface area contributed by atoms with Crippen LogP contribution in [0.1, 0.15) is 31.9 Å². The van der Waals surface area contributed by atoms with Gasteiger partial charge in [-0.2, -0.15) is 0 Å². The van der Waals surface area contributed by atoms with Gasteiger partial charge in [0.2, 0.25) is 0 Å². The number of esters is 1. The van der Waals surface area contributed by atoms with E-state index in [0.29, 0.717) is 6.61 Å². The third-order valence-corrected chi connectivity index (χ3v) is 2.41. The largest absolute Gasteiger partial charge is 0.456 e. The molecule has 0 saturated carbocycles. The second-order valence-electron chi connectivity index (χ2n) is 4.21. The number of allylic oxidation sites excluding steroid dienone is 2. The summed E-state index contributed by atoms with van der Waals surface area (Å²) in [5, 5.41) is 0. The molecule has 2 nitrogen and oxygen atoms in total. The molecule has 94 valence electrons. The average Bonchev–Trinajstić information content (AvgIpc) is 2.31. The Balaban J connectivity index is 3.03. The summed E-state index contributed by atoms with van der Waals surface area (Å²) in [6.45, 7) is 8.11. The Morgan fingerprint density at radius 1 is 1.17 bits per heavy atom. The Hall–Kier alpha value is -2.01. The number of benzene rings is 1. The molecule has 0 saturated heterocycles. The third-order valence-electron chi connectivity index (χ3n) is 2.41. The van der Waals surface area contributed by atoms with Gasteiger partial charge in [0, 0.05) is 11.5 Å². The molecule has 0 N–H and O–H groups in total. The van der Waals surface area contributed by atoms with Gasteiger partial charge in [-0.05, 0) is 33.3 Å². The highest BCUT2D eigenvalue weighted by molar-refractivity contribution is 5.93. The minimum absolute atomic E-state index is 0.349. The molecule has 0 fully saturated rings. The van der Waals surface area contributed by atoms with E-state index in [1.54, 1.807) is 6.92 Å². The first-order valence-electron chi connectivity index (χ1n) is 5.98. The SMILES string of the molecule is CCOC(=O)C#CC(=C(C)C)c1ccc(C)cc1. The zero-order chi connectivity index (χ0) is 13.5. The number of hydrogen-bond acceptors (Lipinski definition) is 2. The van der Waals surface area contributed by atoms with E-state index in [0.717, 1.165) is 16.7 Å². The summed E-state index contributed by atoms with van der Waals surface area (Å²) in [5.41, 5.74) is 4.18. The summed E-state index contributed by atoms with van der Waals surface area (Å²) in [4.78, 5) is 11.2. The van der Waals surface area contributed by atoms with Gasteiger partial charge in [-0.1, -0.05) is 41.3 Å². The summed E-state index contributed by atoms with van der Waals surface area (Å²) in [6, 6.07) is 8.09. The van der Waals surface area contributed by atoms with Crippen molar-refractivity contribution in [1.29, 1.82) is 0 Å². The molecule has 0 amide bonds. The van der Waals surface area contributed by atoms with Gasteiger partial charge in [0.15, 0.2) is 0 Å². The van der Waals surface area contributed by atoms with E-state index in [1.807, 2.05) is 45.0 Å². The van der Waals surface area contributed by atoms with Crippen molar-refractivity contribution in [2.45, 2.75) is 27.7 Å². The third kappa shape index (κ3) is 4.10. The van der Waals surface area contributed by atoms with Crippen molar-refractivity contribution in [2.75, 3.05) is 6.61 Å². The van der Waals surface area contributed by atoms with Crippen LogP contribution in [0.2, 0.25) is 0 Å². The fraction of sp³-hybridized carbons (Fsp3) is 0.312. The molecule has 0 heterocycles. The minimum atomic E-state index is -0.483. The molecule has 0 spiro atoms. The van der Waals surface area contributed by atoms with Crippen LogP contribution in [0.4, 0.5) is 0 Å². The lowest BCUT2D eigenvalue weighted by molar-refractivity contribution is -0.136. The summed E-state index contributed by atoms with van der Waals surface area (Å²) < 4.78 is 4.79. The summed E-state index contributed by atoms with van der Waals surface area (Å²) in [5.74, 6) is 4.92. The first-order chi connectivity index (χ1) is 8.54. The second-order valence-corrected chi connectivity index (χ2v) is 4.21. The lowest BCUT2D eigenvalue weighted by atomic mass is 10.0. The molecule has 1 aromatic carbocycles. The first-order valence-corrected chi connectivity index (χ1v) is 5.98. The van der Waals surface area contributed by atoms with Gasteiger partial charge in [-0.25, -0.2) is 4.79 Å². The highest BCUT2D eigenvalue weighted by Crippen LogP contribution is 2.18. The Bertz CT molecular complexity index is 506. The van der Waals surface area contributed by atoms with E-state index in [9.17, 15) is 4.79 Å². The molecule has 0 unspecified atom stereocenters. The van der Waals surface area contributed by atoms with Gasteiger partial charge in [0.25, 0.3) is 0 Å². The van der Waals surface area contributed by atoms with Crippen LogP contribution in [-0.4, -0.2) is 12.6 Å². The average molecular weight is 242 g/mol. The zero-order valence-electron chi connectivity index (χ0n) is 11.3.